The first-order valence-corrected chi connectivity index (χ1v) is 6.29. The van der Waals surface area contributed by atoms with Crippen molar-refractivity contribution < 1.29 is 17.7 Å². The summed E-state index contributed by atoms with van der Waals surface area (Å²) in [6.45, 7) is 4.97. The van der Waals surface area contributed by atoms with E-state index in [4.69, 9.17) is 4.52 Å². The third kappa shape index (κ3) is 3.85. The molecule has 6 nitrogen and oxygen atoms in total. The molecule has 1 amide bonds. The van der Waals surface area contributed by atoms with E-state index in [1.165, 1.54) is 12.1 Å². The van der Waals surface area contributed by atoms with Crippen LogP contribution in [0.4, 0.5) is 5.82 Å². The fourth-order valence-electron chi connectivity index (χ4n) is 1.04. The highest BCUT2D eigenvalue weighted by atomic mass is 32.2. The Morgan fingerprint density at radius 2 is 2.38 bits per heavy atom. The lowest BCUT2D eigenvalue weighted by molar-refractivity contribution is -0.113. The van der Waals surface area contributed by atoms with E-state index < -0.39 is 21.5 Å². The van der Waals surface area contributed by atoms with Gasteiger partial charge >= 0.3 is 0 Å². The minimum atomic E-state index is -3.43. The number of carbonyl (C=O) groups excluding carboxylic acids is 1. The Morgan fingerprint density at radius 1 is 1.69 bits per heavy atom. The molecule has 0 aromatic carbocycles. The number of hydrogen-bond donors (Lipinski definition) is 1. The van der Waals surface area contributed by atoms with Crippen molar-refractivity contribution in [1.82, 2.24) is 5.16 Å². The monoisotopic (exact) mass is 244 g/mol. The topological polar surface area (TPSA) is 89.3 Å². The second-order valence-electron chi connectivity index (χ2n) is 3.21. The van der Waals surface area contributed by atoms with E-state index >= 15 is 0 Å². The number of amides is 1. The van der Waals surface area contributed by atoms with Crippen LogP contribution in [0.2, 0.25) is 0 Å². The van der Waals surface area contributed by atoms with Crippen LogP contribution >= 0.6 is 0 Å². The summed E-state index contributed by atoms with van der Waals surface area (Å²) in [5, 5.41) is 5.83. The van der Waals surface area contributed by atoms with Crippen molar-refractivity contribution in [2.75, 3.05) is 16.8 Å². The number of nitrogens with one attached hydrogen (secondary N) is 1. The van der Waals surface area contributed by atoms with Gasteiger partial charge in [0, 0.05) is 6.07 Å². The number of anilines is 1. The number of carbonyl (C=O) groups is 1. The van der Waals surface area contributed by atoms with Crippen LogP contribution in [0, 0.1) is 6.92 Å². The molecule has 0 fully saturated rings. The van der Waals surface area contributed by atoms with Crippen molar-refractivity contribution in [2.45, 2.75) is 6.92 Å². The van der Waals surface area contributed by atoms with E-state index in [2.05, 4.69) is 17.1 Å². The molecule has 0 aliphatic rings. The average molecular weight is 244 g/mol. The molecule has 1 rings (SSSR count). The van der Waals surface area contributed by atoms with Gasteiger partial charge in [0.1, 0.15) is 11.5 Å². The summed E-state index contributed by atoms with van der Waals surface area (Å²) in [6.07, 6.45) is 1.24. The summed E-state index contributed by atoms with van der Waals surface area (Å²) in [5.74, 6) is -0.723. The maximum absolute atomic E-state index is 11.3. The lowest BCUT2D eigenvalue weighted by Gasteiger charge is -2.00. The van der Waals surface area contributed by atoms with Gasteiger partial charge in [-0.3, -0.25) is 4.79 Å². The zero-order valence-corrected chi connectivity index (χ0v) is 9.58. The molecule has 0 bridgehead atoms. The molecule has 0 atom stereocenters. The van der Waals surface area contributed by atoms with E-state index in [-0.39, 0.29) is 11.6 Å². The smallest absolute Gasteiger partial charge is 0.240 e. The first-order chi connectivity index (χ1) is 7.43. The molecule has 16 heavy (non-hydrogen) atoms. The van der Waals surface area contributed by atoms with Crippen molar-refractivity contribution in [1.29, 1.82) is 0 Å². The van der Waals surface area contributed by atoms with Crippen molar-refractivity contribution in [2.24, 2.45) is 0 Å². The molecule has 0 radical (unpaired) electrons. The van der Waals surface area contributed by atoms with Gasteiger partial charge in [-0.1, -0.05) is 11.2 Å². The van der Waals surface area contributed by atoms with Crippen LogP contribution < -0.4 is 5.32 Å². The Hall–Kier alpha value is -1.63. The highest BCUT2D eigenvalue weighted by Crippen LogP contribution is 2.07. The summed E-state index contributed by atoms with van der Waals surface area (Å²) in [7, 11) is -3.43. The molecule has 0 spiro atoms. The third-order valence-electron chi connectivity index (χ3n) is 1.62. The van der Waals surface area contributed by atoms with Crippen molar-refractivity contribution in [3.05, 3.63) is 24.5 Å². The summed E-state index contributed by atoms with van der Waals surface area (Å²) >= 11 is 0. The first kappa shape index (κ1) is 12.4. The minimum absolute atomic E-state index is 0.205. The van der Waals surface area contributed by atoms with Gasteiger partial charge in [-0.25, -0.2) is 8.42 Å². The Bertz CT molecular complexity index is 489. The zero-order valence-electron chi connectivity index (χ0n) is 8.76. The largest absolute Gasteiger partial charge is 0.360 e. The number of hydrogen-bond acceptors (Lipinski definition) is 5. The van der Waals surface area contributed by atoms with Crippen LogP contribution in [0.15, 0.2) is 23.2 Å². The van der Waals surface area contributed by atoms with Crippen LogP contribution in [0.1, 0.15) is 5.76 Å². The quantitative estimate of drug-likeness (QED) is 0.763. The van der Waals surface area contributed by atoms with Gasteiger partial charge in [0.25, 0.3) is 0 Å². The van der Waals surface area contributed by atoms with Crippen LogP contribution in [0.5, 0.6) is 0 Å². The lowest BCUT2D eigenvalue weighted by Crippen LogP contribution is -2.24. The van der Waals surface area contributed by atoms with Gasteiger partial charge in [-0.15, -0.1) is 6.58 Å². The van der Waals surface area contributed by atoms with Crippen molar-refractivity contribution in [3.8, 4) is 0 Å². The summed E-state index contributed by atoms with van der Waals surface area (Å²) in [5.41, 5.74) is 0. The molecule has 1 aromatic heterocycles. The first-order valence-electron chi connectivity index (χ1n) is 4.47. The number of nitrogens with zero attached hydrogens (tertiary/aromatic N) is 1. The van der Waals surface area contributed by atoms with E-state index in [9.17, 15) is 13.2 Å². The standard InChI is InChI=1S/C9H12N2O4S/c1-3-4-16(13,14)6-9(12)10-8-5-7(2)15-11-8/h3,5H,1,4,6H2,2H3,(H,10,11,12). The predicted molar refractivity (Wildman–Crippen MR) is 58.7 cm³/mol. The Morgan fingerprint density at radius 3 is 2.88 bits per heavy atom. The van der Waals surface area contributed by atoms with Crippen LogP contribution in [0.3, 0.4) is 0 Å². The molecule has 0 aliphatic heterocycles. The molecule has 1 N–H and O–H groups in total. The van der Waals surface area contributed by atoms with E-state index in [1.807, 2.05) is 0 Å². The average Bonchev–Trinajstić information content (AvgIpc) is 2.49. The van der Waals surface area contributed by atoms with Gasteiger partial charge in [-0.05, 0) is 6.92 Å². The Labute approximate surface area is 93.2 Å². The molecule has 0 aliphatic carbocycles. The molecule has 0 unspecified atom stereocenters. The maximum Gasteiger partial charge on any atom is 0.240 e. The normalized spacial score (nSPS) is 11.1. The SMILES string of the molecule is C=CCS(=O)(=O)CC(=O)Nc1cc(C)on1. The molecule has 7 heteroatoms. The van der Waals surface area contributed by atoms with Crippen LogP contribution in [-0.2, 0) is 14.6 Å². The lowest BCUT2D eigenvalue weighted by atomic mass is 10.5. The summed E-state index contributed by atoms with van der Waals surface area (Å²) in [4.78, 5) is 11.3. The maximum atomic E-state index is 11.3. The fourth-order valence-corrected chi connectivity index (χ4v) is 1.99. The van der Waals surface area contributed by atoms with Gasteiger partial charge in [0.05, 0.1) is 5.75 Å². The molecule has 88 valence electrons. The number of rotatable bonds is 5. The highest BCUT2D eigenvalue weighted by Gasteiger charge is 2.16. The van der Waals surface area contributed by atoms with Crippen molar-refractivity contribution in [3.63, 3.8) is 0 Å². The minimum Gasteiger partial charge on any atom is -0.360 e. The third-order valence-corrected chi connectivity index (χ3v) is 3.06. The fraction of sp³-hybridized carbons (Fsp3) is 0.333. The molecular weight excluding hydrogens is 232 g/mol. The zero-order chi connectivity index (χ0) is 12.2. The molecule has 0 saturated carbocycles. The van der Waals surface area contributed by atoms with Gasteiger partial charge in [-0.2, -0.15) is 0 Å². The van der Waals surface area contributed by atoms with Crippen LogP contribution in [-0.4, -0.2) is 31.0 Å². The van der Waals surface area contributed by atoms with Gasteiger partial charge in [0.2, 0.25) is 5.91 Å². The molecule has 1 aromatic rings. The predicted octanol–water partition coefficient (Wildman–Crippen LogP) is 0.522. The van der Waals surface area contributed by atoms with Gasteiger partial charge in [0.15, 0.2) is 15.7 Å². The molecule has 0 saturated heterocycles. The van der Waals surface area contributed by atoms with Gasteiger partial charge < -0.3 is 9.84 Å². The van der Waals surface area contributed by atoms with E-state index in [1.54, 1.807) is 6.92 Å². The second kappa shape index (κ2) is 4.93. The highest BCUT2D eigenvalue weighted by molar-refractivity contribution is 7.92. The summed E-state index contributed by atoms with van der Waals surface area (Å²) in [6, 6.07) is 1.50. The Kier molecular flexibility index (Phi) is 3.83. The van der Waals surface area contributed by atoms with Crippen LogP contribution in [0.25, 0.3) is 0 Å². The second-order valence-corrected chi connectivity index (χ2v) is 5.32. The molecular formula is C9H12N2O4S. The summed E-state index contributed by atoms with van der Waals surface area (Å²) < 4.78 is 27.2. The number of sulfone groups is 1. The number of aromatic nitrogens is 1. The Balaban J connectivity index is 2.57. The van der Waals surface area contributed by atoms with E-state index in [0.717, 1.165) is 0 Å². The van der Waals surface area contributed by atoms with Crippen molar-refractivity contribution >= 4 is 21.6 Å². The number of aryl methyl sites for hydroxylation is 1. The molecule has 1 heterocycles. The van der Waals surface area contributed by atoms with E-state index in [0.29, 0.717) is 5.76 Å².